The Morgan fingerprint density at radius 2 is 1.60 bits per heavy atom. The quantitative estimate of drug-likeness (QED) is 0.679. The summed E-state index contributed by atoms with van der Waals surface area (Å²) in [5.41, 5.74) is 0. The summed E-state index contributed by atoms with van der Waals surface area (Å²) >= 11 is 0. The van der Waals surface area contributed by atoms with E-state index in [9.17, 15) is 5.11 Å². The van der Waals surface area contributed by atoms with Crippen molar-refractivity contribution < 1.29 is 5.11 Å². The fraction of sp³-hybridized carbons (Fsp3) is 1.00. The van der Waals surface area contributed by atoms with Crippen LogP contribution >= 0.6 is 0 Å². The van der Waals surface area contributed by atoms with Gasteiger partial charge in [0.15, 0.2) is 0 Å². The average Bonchev–Trinajstić information content (AvgIpc) is 2.43. The van der Waals surface area contributed by atoms with Gasteiger partial charge >= 0.3 is 0 Å². The maximum atomic E-state index is 9.94. The van der Waals surface area contributed by atoms with Crippen LogP contribution in [0.25, 0.3) is 0 Å². The summed E-state index contributed by atoms with van der Waals surface area (Å²) in [6.45, 7) is 4.47. The smallest absolute Gasteiger partial charge is 0.0543 e. The first kappa shape index (κ1) is 13.0. The van der Waals surface area contributed by atoms with Gasteiger partial charge in [0.25, 0.3) is 0 Å². The minimum Gasteiger partial charge on any atom is -0.393 e. The van der Waals surface area contributed by atoms with E-state index in [-0.39, 0.29) is 6.10 Å². The van der Waals surface area contributed by atoms with Crippen molar-refractivity contribution in [1.82, 2.24) is 0 Å². The van der Waals surface area contributed by atoms with Gasteiger partial charge in [0.05, 0.1) is 6.10 Å². The van der Waals surface area contributed by atoms with Crippen LogP contribution in [0.3, 0.4) is 0 Å². The summed E-state index contributed by atoms with van der Waals surface area (Å²) in [6, 6.07) is 0. The normalized spacial score (nSPS) is 21.6. The van der Waals surface area contributed by atoms with Crippen LogP contribution in [-0.2, 0) is 0 Å². The molecule has 0 aromatic heterocycles. The van der Waals surface area contributed by atoms with Crippen LogP contribution in [0.4, 0.5) is 0 Å². The maximum Gasteiger partial charge on any atom is 0.0543 e. The third-order valence-electron chi connectivity index (χ3n) is 3.66. The van der Waals surface area contributed by atoms with Crippen molar-refractivity contribution in [1.29, 1.82) is 0 Å². The Bertz CT molecular complexity index is 145. The first-order valence-electron chi connectivity index (χ1n) is 6.86. The van der Waals surface area contributed by atoms with Gasteiger partial charge in [-0.3, -0.25) is 0 Å². The standard InChI is InChI=1S/C14H28O/c1-12(2)9-10-14(15)11-13-7-5-3-4-6-8-13/h12-15H,3-11H2,1-2H3. The van der Waals surface area contributed by atoms with Crippen LogP contribution in [0.15, 0.2) is 0 Å². The molecular formula is C14H28O. The molecule has 1 N–H and O–H groups in total. The van der Waals surface area contributed by atoms with Gasteiger partial charge in [-0.2, -0.15) is 0 Å². The van der Waals surface area contributed by atoms with Crippen LogP contribution in [0.5, 0.6) is 0 Å². The van der Waals surface area contributed by atoms with E-state index in [1.165, 1.54) is 44.9 Å². The van der Waals surface area contributed by atoms with Crippen molar-refractivity contribution >= 4 is 0 Å². The number of aliphatic hydroxyl groups is 1. The Labute approximate surface area is 95.3 Å². The minimum absolute atomic E-state index is 0.0319. The molecule has 15 heavy (non-hydrogen) atoms. The van der Waals surface area contributed by atoms with E-state index in [1.54, 1.807) is 0 Å². The Balaban J connectivity index is 2.14. The highest BCUT2D eigenvalue weighted by Crippen LogP contribution is 2.27. The third-order valence-corrected chi connectivity index (χ3v) is 3.66. The third kappa shape index (κ3) is 6.19. The van der Waals surface area contributed by atoms with Crippen molar-refractivity contribution in [2.24, 2.45) is 11.8 Å². The lowest BCUT2D eigenvalue weighted by Crippen LogP contribution is -2.14. The molecule has 1 heteroatoms. The largest absolute Gasteiger partial charge is 0.393 e. The van der Waals surface area contributed by atoms with Crippen molar-refractivity contribution in [3.05, 3.63) is 0 Å². The lowest BCUT2D eigenvalue weighted by molar-refractivity contribution is 0.122. The Kier molecular flexibility index (Phi) is 6.31. The molecule has 1 aliphatic rings. The van der Waals surface area contributed by atoms with Gasteiger partial charge in [-0.05, 0) is 31.1 Å². The van der Waals surface area contributed by atoms with Gasteiger partial charge < -0.3 is 5.11 Å². The van der Waals surface area contributed by atoms with Gasteiger partial charge in [0, 0.05) is 0 Å². The molecule has 0 aliphatic heterocycles. The first-order valence-corrected chi connectivity index (χ1v) is 6.86. The van der Waals surface area contributed by atoms with Crippen molar-refractivity contribution in [2.75, 3.05) is 0 Å². The molecule has 1 aliphatic carbocycles. The zero-order valence-electron chi connectivity index (χ0n) is 10.5. The molecule has 0 bridgehead atoms. The van der Waals surface area contributed by atoms with E-state index < -0.39 is 0 Å². The van der Waals surface area contributed by atoms with E-state index >= 15 is 0 Å². The van der Waals surface area contributed by atoms with Crippen LogP contribution < -0.4 is 0 Å². The fourth-order valence-corrected chi connectivity index (χ4v) is 2.63. The SMILES string of the molecule is CC(C)CCC(O)CC1CCCCCC1. The number of hydrogen-bond donors (Lipinski definition) is 1. The highest BCUT2D eigenvalue weighted by Gasteiger charge is 2.16. The molecule has 1 unspecified atom stereocenters. The van der Waals surface area contributed by atoms with Crippen LogP contribution in [0.2, 0.25) is 0 Å². The van der Waals surface area contributed by atoms with Crippen molar-refractivity contribution in [2.45, 2.75) is 77.7 Å². The fourth-order valence-electron chi connectivity index (χ4n) is 2.63. The molecule has 0 aromatic carbocycles. The molecule has 1 atom stereocenters. The number of hydrogen-bond acceptors (Lipinski definition) is 1. The zero-order valence-corrected chi connectivity index (χ0v) is 10.5. The molecule has 1 nitrogen and oxygen atoms in total. The van der Waals surface area contributed by atoms with E-state index in [0.29, 0.717) is 0 Å². The molecule has 1 saturated carbocycles. The van der Waals surface area contributed by atoms with Crippen LogP contribution in [0, 0.1) is 11.8 Å². The minimum atomic E-state index is -0.0319. The predicted octanol–water partition coefficient (Wildman–Crippen LogP) is 4.14. The molecule has 0 spiro atoms. The first-order chi connectivity index (χ1) is 7.18. The van der Waals surface area contributed by atoms with Crippen LogP contribution in [0.1, 0.15) is 71.6 Å². The monoisotopic (exact) mass is 212 g/mol. The summed E-state index contributed by atoms with van der Waals surface area (Å²) in [7, 11) is 0. The molecule has 0 amide bonds. The van der Waals surface area contributed by atoms with E-state index in [1.807, 2.05) is 0 Å². The molecule has 1 fully saturated rings. The Morgan fingerprint density at radius 3 is 2.13 bits per heavy atom. The zero-order chi connectivity index (χ0) is 11.1. The van der Waals surface area contributed by atoms with Crippen molar-refractivity contribution in [3.8, 4) is 0 Å². The molecule has 0 heterocycles. The Morgan fingerprint density at radius 1 is 1.00 bits per heavy atom. The molecule has 0 radical (unpaired) electrons. The summed E-state index contributed by atoms with van der Waals surface area (Å²) < 4.78 is 0. The second-order valence-electron chi connectivity index (χ2n) is 5.72. The van der Waals surface area contributed by atoms with Gasteiger partial charge in [-0.25, -0.2) is 0 Å². The topological polar surface area (TPSA) is 20.2 Å². The number of rotatable bonds is 5. The molecule has 1 rings (SSSR count). The maximum absolute atomic E-state index is 9.94. The summed E-state index contributed by atoms with van der Waals surface area (Å²) in [5.74, 6) is 1.54. The van der Waals surface area contributed by atoms with Crippen LogP contribution in [-0.4, -0.2) is 11.2 Å². The van der Waals surface area contributed by atoms with Gasteiger partial charge in [-0.1, -0.05) is 52.4 Å². The number of aliphatic hydroxyl groups excluding tert-OH is 1. The summed E-state index contributed by atoms with van der Waals surface area (Å²) in [4.78, 5) is 0. The van der Waals surface area contributed by atoms with E-state index in [2.05, 4.69) is 13.8 Å². The van der Waals surface area contributed by atoms with Gasteiger partial charge in [-0.15, -0.1) is 0 Å². The molecular weight excluding hydrogens is 184 g/mol. The second kappa shape index (κ2) is 7.27. The van der Waals surface area contributed by atoms with E-state index in [0.717, 1.165) is 24.7 Å². The average molecular weight is 212 g/mol. The lowest BCUT2D eigenvalue weighted by atomic mass is 9.91. The molecule has 0 saturated heterocycles. The van der Waals surface area contributed by atoms with Crippen molar-refractivity contribution in [3.63, 3.8) is 0 Å². The highest BCUT2D eigenvalue weighted by atomic mass is 16.3. The molecule has 90 valence electrons. The summed E-state index contributed by atoms with van der Waals surface area (Å²) in [5, 5.41) is 9.94. The predicted molar refractivity (Wildman–Crippen MR) is 65.9 cm³/mol. The lowest BCUT2D eigenvalue weighted by Gasteiger charge is -2.19. The van der Waals surface area contributed by atoms with Gasteiger partial charge in [0.2, 0.25) is 0 Å². The van der Waals surface area contributed by atoms with Gasteiger partial charge in [0.1, 0.15) is 0 Å². The second-order valence-corrected chi connectivity index (χ2v) is 5.72. The highest BCUT2D eigenvalue weighted by molar-refractivity contribution is 4.69. The molecule has 0 aromatic rings. The Hall–Kier alpha value is -0.0400. The summed E-state index contributed by atoms with van der Waals surface area (Å²) in [6.07, 6.45) is 11.5. The van der Waals surface area contributed by atoms with E-state index in [4.69, 9.17) is 0 Å².